The highest BCUT2D eigenvalue weighted by molar-refractivity contribution is 5.93. The van der Waals surface area contributed by atoms with Gasteiger partial charge >= 0.3 is 0 Å². The van der Waals surface area contributed by atoms with Crippen LogP contribution in [0.5, 0.6) is 0 Å². The second-order valence-corrected chi connectivity index (χ2v) is 9.73. The molecule has 0 saturated carbocycles. The number of rotatable bonds is 3. The lowest BCUT2D eigenvalue weighted by Gasteiger charge is -2.32. The number of halogens is 2. The minimum Gasteiger partial charge on any atom is -0.364 e. The summed E-state index contributed by atoms with van der Waals surface area (Å²) in [4.78, 5) is 14.6. The van der Waals surface area contributed by atoms with Gasteiger partial charge in [0.15, 0.2) is 0 Å². The van der Waals surface area contributed by atoms with Gasteiger partial charge in [0.25, 0.3) is 0 Å². The molecule has 29 heavy (non-hydrogen) atoms. The van der Waals surface area contributed by atoms with Gasteiger partial charge in [0.1, 0.15) is 11.6 Å². The van der Waals surface area contributed by atoms with Crippen molar-refractivity contribution < 1.29 is 13.6 Å². The van der Waals surface area contributed by atoms with Gasteiger partial charge in [0, 0.05) is 41.9 Å². The smallest absolute Gasteiger partial charge is 0.224 e. The number of aryl methyl sites for hydroxylation is 2. The van der Waals surface area contributed by atoms with Crippen molar-refractivity contribution in [2.75, 3.05) is 16.8 Å². The molecule has 3 nitrogen and oxygen atoms in total. The van der Waals surface area contributed by atoms with Gasteiger partial charge in [-0.3, -0.25) is 4.79 Å². The van der Waals surface area contributed by atoms with E-state index in [0.29, 0.717) is 12.0 Å². The Kier molecular flexibility index (Phi) is 4.67. The van der Waals surface area contributed by atoms with E-state index in [1.54, 1.807) is 0 Å². The largest absolute Gasteiger partial charge is 0.364 e. The molecule has 1 saturated heterocycles. The number of carbonyl (C=O) groups is 1. The Balaban J connectivity index is 1.61. The fourth-order valence-corrected chi connectivity index (χ4v) is 4.88. The maximum atomic E-state index is 14.5. The van der Waals surface area contributed by atoms with Crippen molar-refractivity contribution in [3.63, 3.8) is 0 Å². The highest BCUT2D eigenvalue weighted by Gasteiger charge is 2.44. The molecule has 2 aromatic carbocycles. The molecule has 1 aliphatic heterocycles. The van der Waals surface area contributed by atoms with E-state index < -0.39 is 11.6 Å². The quantitative estimate of drug-likeness (QED) is 0.687. The van der Waals surface area contributed by atoms with E-state index in [0.717, 1.165) is 47.1 Å². The number of benzene rings is 2. The van der Waals surface area contributed by atoms with Crippen molar-refractivity contribution in [3.8, 4) is 0 Å². The van der Waals surface area contributed by atoms with Crippen LogP contribution in [0.25, 0.3) is 0 Å². The Morgan fingerprint density at radius 1 is 1.14 bits per heavy atom. The lowest BCUT2D eigenvalue weighted by atomic mass is 9.92. The Bertz CT molecular complexity index is 970. The number of anilines is 2. The first-order valence-electron chi connectivity index (χ1n) is 10.2. The van der Waals surface area contributed by atoms with Gasteiger partial charge in [-0.05, 0) is 60.6 Å². The highest BCUT2D eigenvalue weighted by atomic mass is 19.1. The number of hydrogen-bond acceptors (Lipinski definition) is 2. The fraction of sp³-hybridized carbons (Fsp3) is 0.458. The molecule has 4 rings (SSSR count). The van der Waals surface area contributed by atoms with Crippen LogP contribution in [-0.2, 0) is 4.79 Å². The zero-order chi connectivity index (χ0) is 21.1. The standard InChI is InChI=1S/C24H28F2N2O/c1-13-6-17(7-14(2)23(13)27-21(29)11-24(3,4)5)28-12-15-8-20(28)22-18(15)9-16(25)10-19(22)26/h6-7,9-10,15,20H,8,11-12H2,1-5H3,(H,27,29)/t15-,20+/m0/s1. The summed E-state index contributed by atoms with van der Waals surface area (Å²) in [5.41, 5.74) is 5.24. The van der Waals surface area contributed by atoms with Crippen LogP contribution in [0.3, 0.4) is 0 Å². The maximum absolute atomic E-state index is 14.5. The van der Waals surface area contributed by atoms with E-state index in [1.165, 1.54) is 6.07 Å². The van der Waals surface area contributed by atoms with Crippen LogP contribution in [0.1, 0.15) is 67.8 Å². The predicted molar refractivity (Wildman–Crippen MR) is 112 cm³/mol. The lowest BCUT2D eigenvalue weighted by Crippen LogP contribution is -2.28. The van der Waals surface area contributed by atoms with Crippen LogP contribution in [0, 0.1) is 30.9 Å². The van der Waals surface area contributed by atoms with Gasteiger partial charge in [-0.2, -0.15) is 0 Å². The SMILES string of the molecule is Cc1cc(N2C[C@@H]3C[C@@H]2c2c(F)cc(F)cc23)cc(C)c1NC(=O)CC(C)(C)C. The van der Waals surface area contributed by atoms with E-state index in [4.69, 9.17) is 0 Å². The van der Waals surface area contributed by atoms with Crippen LogP contribution in [0.4, 0.5) is 20.2 Å². The van der Waals surface area contributed by atoms with Crippen LogP contribution >= 0.6 is 0 Å². The molecule has 0 spiro atoms. The Morgan fingerprint density at radius 3 is 2.41 bits per heavy atom. The average molecular weight is 398 g/mol. The molecular formula is C24H28F2N2O. The van der Waals surface area contributed by atoms with Gasteiger partial charge in [-0.15, -0.1) is 0 Å². The molecule has 2 aromatic rings. The van der Waals surface area contributed by atoms with Crippen molar-refractivity contribution in [1.82, 2.24) is 0 Å². The van der Waals surface area contributed by atoms with Crippen molar-refractivity contribution in [2.45, 2.75) is 59.4 Å². The first kappa shape index (κ1) is 19.9. The topological polar surface area (TPSA) is 32.3 Å². The third-order valence-electron chi connectivity index (χ3n) is 6.00. The first-order chi connectivity index (χ1) is 13.5. The van der Waals surface area contributed by atoms with E-state index >= 15 is 0 Å². The minimum absolute atomic E-state index is 0.00899. The number of amides is 1. The fourth-order valence-electron chi connectivity index (χ4n) is 4.88. The van der Waals surface area contributed by atoms with Crippen LogP contribution in [-0.4, -0.2) is 12.5 Å². The summed E-state index contributed by atoms with van der Waals surface area (Å²) in [6.45, 7) is 10.9. The first-order valence-corrected chi connectivity index (χ1v) is 10.2. The van der Waals surface area contributed by atoms with Gasteiger partial charge in [0.05, 0.1) is 6.04 Å². The molecule has 5 heteroatoms. The summed E-state index contributed by atoms with van der Waals surface area (Å²) in [5, 5.41) is 3.06. The van der Waals surface area contributed by atoms with E-state index in [1.807, 2.05) is 34.6 Å². The Morgan fingerprint density at radius 2 is 1.79 bits per heavy atom. The molecule has 0 radical (unpaired) electrons. The summed E-state index contributed by atoms with van der Waals surface area (Å²) in [6, 6.07) is 6.53. The normalized spacial score (nSPS) is 20.2. The second-order valence-electron chi connectivity index (χ2n) is 9.73. The monoisotopic (exact) mass is 398 g/mol. The number of hydrogen-bond donors (Lipinski definition) is 1. The molecule has 2 atom stereocenters. The molecule has 2 aliphatic rings. The molecular weight excluding hydrogens is 370 g/mol. The molecule has 1 N–H and O–H groups in total. The second kappa shape index (κ2) is 6.82. The van der Waals surface area contributed by atoms with Crippen LogP contribution in [0.15, 0.2) is 24.3 Å². The summed E-state index contributed by atoms with van der Waals surface area (Å²) < 4.78 is 28.1. The van der Waals surface area contributed by atoms with Gasteiger partial charge in [-0.25, -0.2) is 8.78 Å². The number of carbonyl (C=O) groups excluding carboxylic acids is 1. The Labute approximate surface area is 171 Å². The average Bonchev–Trinajstić information content (AvgIpc) is 3.15. The third kappa shape index (κ3) is 3.63. The molecule has 0 unspecified atom stereocenters. The van der Waals surface area contributed by atoms with Crippen molar-refractivity contribution in [3.05, 3.63) is 58.2 Å². The molecule has 1 fully saturated rings. The van der Waals surface area contributed by atoms with Crippen molar-refractivity contribution >= 4 is 17.3 Å². The molecule has 0 aromatic heterocycles. The zero-order valence-electron chi connectivity index (χ0n) is 17.7. The molecule has 1 heterocycles. The lowest BCUT2D eigenvalue weighted by molar-refractivity contribution is -0.117. The molecule has 1 amide bonds. The number of nitrogens with zero attached hydrogens (tertiary/aromatic N) is 1. The minimum atomic E-state index is -0.498. The number of nitrogens with one attached hydrogen (secondary N) is 1. The highest BCUT2D eigenvalue weighted by Crippen LogP contribution is 2.53. The summed E-state index contributed by atoms with van der Waals surface area (Å²) >= 11 is 0. The van der Waals surface area contributed by atoms with Gasteiger partial charge < -0.3 is 10.2 Å². The van der Waals surface area contributed by atoms with E-state index in [2.05, 4.69) is 22.3 Å². The Hall–Kier alpha value is -2.43. The maximum Gasteiger partial charge on any atom is 0.224 e. The van der Waals surface area contributed by atoms with Gasteiger partial charge in [-0.1, -0.05) is 20.8 Å². The van der Waals surface area contributed by atoms with Crippen LogP contribution < -0.4 is 10.2 Å². The molecule has 154 valence electrons. The number of fused-ring (bicyclic) bond motifs is 5. The molecule has 1 aliphatic carbocycles. The van der Waals surface area contributed by atoms with Crippen molar-refractivity contribution in [1.29, 1.82) is 0 Å². The summed E-state index contributed by atoms with van der Waals surface area (Å²) in [7, 11) is 0. The zero-order valence-corrected chi connectivity index (χ0v) is 17.7. The predicted octanol–water partition coefficient (Wildman–Crippen LogP) is 6.00. The van der Waals surface area contributed by atoms with E-state index in [9.17, 15) is 13.6 Å². The molecule has 2 bridgehead atoms. The summed E-state index contributed by atoms with van der Waals surface area (Å²) in [6.07, 6.45) is 1.27. The third-order valence-corrected chi connectivity index (χ3v) is 6.00. The van der Waals surface area contributed by atoms with Gasteiger partial charge in [0.2, 0.25) is 5.91 Å². The van der Waals surface area contributed by atoms with Crippen molar-refractivity contribution in [2.24, 2.45) is 5.41 Å². The van der Waals surface area contributed by atoms with Crippen LogP contribution in [0.2, 0.25) is 0 Å². The van der Waals surface area contributed by atoms with E-state index in [-0.39, 0.29) is 23.3 Å². The summed E-state index contributed by atoms with van der Waals surface area (Å²) in [5.74, 6) is -0.777.